The molecule has 0 aliphatic carbocycles. The summed E-state index contributed by atoms with van der Waals surface area (Å²) in [4.78, 5) is 11.1. The van der Waals surface area contributed by atoms with Crippen LogP contribution in [0.2, 0.25) is 0 Å². The van der Waals surface area contributed by atoms with Crippen LogP contribution < -0.4 is 15.5 Å². The van der Waals surface area contributed by atoms with Crippen molar-refractivity contribution in [1.82, 2.24) is 9.97 Å². The predicted octanol–water partition coefficient (Wildman–Crippen LogP) is 3.94. The summed E-state index contributed by atoms with van der Waals surface area (Å²) in [6, 6.07) is 16.1. The molecule has 7 heteroatoms. The van der Waals surface area contributed by atoms with Crippen LogP contribution in [0.4, 0.5) is 33.2 Å². The van der Waals surface area contributed by atoms with Gasteiger partial charge in [0.2, 0.25) is 5.95 Å². The minimum atomic E-state index is -0.299. The molecule has 0 bridgehead atoms. The van der Waals surface area contributed by atoms with Crippen molar-refractivity contribution in [3.05, 3.63) is 66.6 Å². The molecule has 0 unspecified atom stereocenters. The highest BCUT2D eigenvalue weighted by Gasteiger charge is 2.15. The van der Waals surface area contributed by atoms with Crippen LogP contribution in [0.1, 0.15) is 0 Å². The summed E-state index contributed by atoms with van der Waals surface area (Å²) in [7, 11) is 0. The van der Waals surface area contributed by atoms with E-state index in [2.05, 4.69) is 31.6 Å². The maximum Gasteiger partial charge on any atom is 0.229 e. The Hall–Kier alpha value is -3.19. The number of ether oxygens (including phenoxy) is 1. The molecule has 2 aromatic carbocycles. The number of hydrogen-bond acceptors (Lipinski definition) is 6. The summed E-state index contributed by atoms with van der Waals surface area (Å²) in [5.74, 6) is 0.755. The highest BCUT2D eigenvalue weighted by atomic mass is 19.1. The third-order valence-electron chi connectivity index (χ3n) is 4.25. The third kappa shape index (κ3) is 4.32. The fraction of sp³-hybridized carbons (Fsp3) is 0.200. The fourth-order valence-corrected chi connectivity index (χ4v) is 2.98. The second kappa shape index (κ2) is 8.01. The zero-order chi connectivity index (χ0) is 18.5. The van der Waals surface area contributed by atoms with Gasteiger partial charge in [-0.2, -0.15) is 4.98 Å². The average Bonchev–Trinajstić information content (AvgIpc) is 2.69. The summed E-state index contributed by atoms with van der Waals surface area (Å²) >= 11 is 0. The first kappa shape index (κ1) is 17.2. The number of nitrogens with one attached hydrogen (secondary N) is 2. The van der Waals surface area contributed by atoms with Crippen LogP contribution in [0.15, 0.2) is 60.8 Å². The Labute approximate surface area is 157 Å². The van der Waals surface area contributed by atoms with Crippen LogP contribution in [-0.4, -0.2) is 36.3 Å². The van der Waals surface area contributed by atoms with Gasteiger partial charge in [-0.3, -0.25) is 0 Å². The van der Waals surface area contributed by atoms with Gasteiger partial charge in [-0.15, -0.1) is 0 Å². The number of morpholine rings is 1. The smallest absolute Gasteiger partial charge is 0.229 e. The summed E-state index contributed by atoms with van der Waals surface area (Å²) in [5, 5.41) is 6.38. The zero-order valence-corrected chi connectivity index (χ0v) is 14.7. The van der Waals surface area contributed by atoms with E-state index in [0.29, 0.717) is 17.5 Å². The van der Waals surface area contributed by atoms with Gasteiger partial charge in [0.05, 0.1) is 24.6 Å². The summed E-state index contributed by atoms with van der Waals surface area (Å²) in [6.45, 7) is 3.14. The summed E-state index contributed by atoms with van der Waals surface area (Å²) in [5.41, 5.74) is 2.66. The Kier molecular flexibility index (Phi) is 5.11. The lowest BCUT2D eigenvalue weighted by atomic mass is 10.2. The first-order chi connectivity index (χ1) is 13.3. The molecule has 0 atom stereocenters. The van der Waals surface area contributed by atoms with Gasteiger partial charge in [0.15, 0.2) is 0 Å². The first-order valence-electron chi connectivity index (χ1n) is 8.82. The van der Waals surface area contributed by atoms with E-state index in [0.717, 1.165) is 37.7 Å². The minimum absolute atomic E-state index is 0.299. The molecule has 0 saturated carbocycles. The van der Waals surface area contributed by atoms with Gasteiger partial charge in [0.1, 0.15) is 11.6 Å². The van der Waals surface area contributed by atoms with Crippen molar-refractivity contribution in [2.45, 2.75) is 0 Å². The van der Waals surface area contributed by atoms with Gasteiger partial charge in [-0.1, -0.05) is 18.2 Å². The van der Waals surface area contributed by atoms with Crippen LogP contribution in [0, 0.1) is 5.82 Å². The Morgan fingerprint density at radius 3 is 2.67 bits per heavy atom. The normalized spacial score (nSPS) is 14.0. The molecule has 1 aliphatic heterocycles. The third-order valence-corrected chi connectivity index (χ3v) is 4.25. The van der Waals surface area contributed by atoms with E-state index >= 15 is 0 Å². The summed E-state index contributed by atoms with van der Waals surface area (Å²) < 4.78 is 18.8. The van der Waals surface area contributed by atoms with E-state index in [1.54, 1.807) is 24.4 Å². The molecule has 3 aromatic rings. The molecule has 27 heavy (non-hydrogen) atoms. The van der Waals surface area contributed by atoms with Crippen LogP contribution in [0.25, 0.3) is 0 Å². The number of para-hydroxylation sites is 2. The lowest BCUT2D eigenvalue weighted by Crippen LogP contribution is -2.36. The SMILES string of the molecule is Fc1cccc(Nc2ccnc(Nc3ccccc3N3CCOCC3)n2)c1. The maximum atomic E-state index is 13.4. The number of benzene rings is 2. The second-order valence-corrected chi connectivity index (χ2v) is 6.14. The van der Waals surface area contributed by atoms with Crippen LogP contribution in [0.5, 0.6) is 0 Å². The van der Waals surface area contributed by atoms with Crippen LogP contribution >= 0.6 is 0 Å². The van der Waals surface area contributed by atoms with Crippen LogP contribution in [0.3, 0.4) is 0 Å². The molecule has 1 aliphatic rings. The molecule has 6 nitrogen and oxygen atoms in total. The van der Waals surface area contributed by atoms with Crippen molar-refractivity contribution in [2.75, 3.05) is 41.8 Å². The molecular weight excluding hydrogens is 345 g/mol. The predicted molar refractivity (Wildman–Crippen MR) is 104 cm³/mol. The quantitative estimate of drug-likeness (QED) is 0.714. The second-order valence-electron chi connectivity index (χ2n) is 6.14. The van der Waals surface area contributed by atoms with Crippen molar-refractivity contribution in [2.24, 2.45) is 0 Å². The Morgan fingerprint density at radius 1 is 0.963 bits per heavy atom. The van der Waals surface area contributed by atoms with Gasteiger partial charge in [-0.25, -0.2) is 9.37 Å². The van der Waals surface area contributed by atoms with Crippen molar-refractivity contribution in [3.63, 3.8) is 0 Å². The maximum absolute atomic E-state index is 13.4. The number of aromatic nitrogens is 2. The van der Waals surface area contributed by atoms with Crippen LogP contribution in [-0.2, 0) is 4.74 Å². The largest absolute Gasteiger partial charge is 0.378 e. The Bertz CT molecular complexity index is 914. The van der Waals surface area contributed by atoms with Gasteiger partial charge < -0.3 is 20.3 Å². The van der Waals surface area contributed by atoms with Crippen molar-refractivity contribution in [3.8, 4) is 0 Å². The van der Waals surface area contributed by atoms with E-state index in [-0.39, 0.29) is 5.82 Å². The number of halogens is 1. The van der Waals surface area contributed by atoms with E-state index in [1.165, 1.54) is 12.1 Å². The lowest BCUT2D eigenvalue weighted by molar-refractivity contribution is 0.123. The molecule has 0 amide bonds. The van der Waals surface area contributed by atoms with E-state index in [4.69, 9.17) is 4.74 Å². The molecule has 2 N–H and O–H groups in total. The zero-order valence-electron chi connectivity index (χ0n) is 14.7. The van der Waals surface area contributed by atoms with Gasteiger partial charge in [0.25, 0.3) is 0 Å². The molecule has 0 radical (unpaired) electrons. The molecule has 1 aromatic heterocycles. The minimum Gasteiger partial charge on any atom is -0.378 e. The molecule has 1 saturated heterocycles. The first-order valence-corrected chi connectivity index (χ1v) is 8.82. The Balaban J connectivity index is 1.53. The van der Waals surface area contributed by atoms with Crippen molar-refractivity contribution in [1.29, 1.82) is 0 Å². The number of hydrogen-bond donors (Lipinski definition) is 2. The molecular formula is C20H20FN5O. The standard InChI is InChI=1S/C20H20FN5O/c21-15-4-3-5-16(14-15)23-19-8-9-22-20(25-19)24-17-6-1-2-7-18(17)26-10-12-27-13-11-26/h1-9,14H,10-13H2,(H2,22,23,24,25). The molecule has 4 rings (SSSR count). The monoisotopic (exact) mass is 365 g/mol. The number of rotatable bonds is 5. The molecule has 1 fully saturated rings. The van der Waals surface area contributed by atoms with Gasteiger partial charge in [-0.05, 0) is 36.4 Å². The van der Waals surface area contributed by atoms with E-state index < -0.39 is 0 Å². The number of nitrogens with zero attached hydrogens (tertiary/aromatic N) is 3. The Morgan fingerprint density at radius 2 is 1.81 bits per heavy atom. The number of anilines is 5. The molecule has 138 valence electrons. The van der Waals surface area contributed by atoms with Crippen molar-refractivity contribution >= 4 is 28.8 Å². The molecule has 2 heterocycles. The topological polar surface area (TPSA) is 62.3 Å². The highest BCUT2D eigenvalue weighted by Crippen LogP contribution is 2.28. The molecule has 0 spiro atoms. The van der Waals surface area contributed by atoms with Gasteiger partial charge in [0, 0.05) is 25.0 Å². The van der Waals surface area contributed by atoms with Crippen molar-refractivity contribution < 1.29 is 9.13 Å². The lowest BCUT2D eigenvalue weighted by Gasteiger charge is -2.30. The highest BCUT2D eigenvalue weighted by molar-refractivity contribution is 5.74. The van der Waals surface area contributed by atoms with Gasteiger partial charge >= 0.3 is 0 Å². The summed E-state index contributed by atoms with van der Waals surface area (Å²) in [6.07, 6.45) is 1.66. The average molecular weight is 365 g/mol. The fourth-order valence-electron chi connectivity index (χ4n) is 2.98. The van der Waals surface area contributed by atoms with E-state index in [1.807, 2.05) is 18.2 Å². The van der Waals surface area contributed by atoms with E-state index in [9.17, 15) is 4.39 Å².